The van der Waals surface area contributed by atoms with Crippen molar-refractivity contribution in [2.24, 2.45) is 0 Å². The van der Waals surface area contributed by atoms with Crippen LogP contribution in [0.2, 0.25) is 0 Å². The van der Waals surface area contributed by atoms with Gasteiger partial charge in [0, 0.05) is 49.7 Å². The van der Waals surface area contributed by atoms with Crippen LogP contribution in [-0.2, 0) is 25.7 Å². The van der Waals surface area contributed by atoms with Gasteiger partial charge in [0.1, 0.15) is 23.6 Å². The van der Waals surface area contributed by atoms with Crippen LogP contribution in [0.15, 0.2) is 72.8 Å². The van der Waals surface area contributed by atoms with Crippen LogP contribution in [0.25, 0.3) is 0 Å². The SMILES string of the molecule is COc1ccc(C[C@@H]2c3cc(OC)c(OC)cc3CC[N@+]2(C)CCCC[N@+]2(C)CCc3cc(OC)c(OC)cc3[C@H]2Cc2ccc(OC)cc2)cc1. The molecule has 6 rings (SSSR count). The average molecular weight is 711 g/mol. The summed E-state index contributed by atoms with van der Waals surface area (Å²) in [5.41, 5.74) is 8.11. The monoisotopic (exact) mass is 710 g/mol. The van der Waals surface area contributed by atoms with Gasteiger partial charge in [-0.1, -0.05) is 24.3 Å². The minimum Gasteiger partial charge on any atom is -0.497 e. The summed E-state index contributed by atoms with van der Waals surface area (Å²) in [6.07, 6.45) is 6.24. The molecule has 0 fully saturated rings. The van der Waals surface area contributed by atoms with Gasteiger partial charge in [-0.2, -0.15) is 0 Å². The van der Waals surface area contributed by atoms with Crippen molar-refractivity contribution < 1.29 is 37.4 Å². The van der Waals surface area contributed by atoms with Gasteiger partial charge in [0.15, 0.2) is 23.0 Å². The molecule has 2 aliphatic heterocycles. The molecule has 0 bridgehead atoms. The molecule has 0 aliphatic carbocycles. The van der Waals surface area contributed by atoms with Crippen molar-refractivity contribution >= 4 is 0 Å². The van der Waals surface area contributed by atoms with Crippen molar-refractivity contribution in [3.05, 3.63) is 106 Å². The fourth-order valence-corrected chi connectivity index (χ4v) is 8.77. The van der Waals surface area contributed by atoms with Crippen LogP contribution in [0.5, 0.6) is 34.5 Å². The van der Waals surface area contributed by atoms with E-state index in [0.717, 1.165) is 108 Å². The Morgan fingerprint density at radius 1 is 0.481 bits per heavy atom. The molecular formula is C44H58N2O6+2. The van der Waals surface area contributed by atoms with Crippen molar-refractivity contribution in [2.45, 2.75) is 50.6 Å². The summed E-state index contributed by atoms with van der Waals surface area (Å²) in [7, 11) is 15.3. The predicted octanol–water partition coefficient (Wildman–Crippen LogP) is 7.79. The van der Waals surface area contributed by atoms with E-state index in [1.54, 1.807) is 42.7 Å². The van der Waals surface area contributed by atoms with Crippen LogP contribution in [-0.4, -0.2) is 91.9 Å². The molecule has 0 amide bonds. The Hall–Kier alpha value is -4.40. The second kappa shape index (κ2) is 16.1. The Kier molecular flexibility index (Phi) is 11.6. The number of nitrogens with zero attached hydrogens (tertiary/aromatic N) is 2. The number of benzene rings is 4. The minimum absolute atomic E-state index is 0.300. The fourth-order valence-electron chi connectivity index (χ4n) is 8.77. The van der Waals surface area contributed by atoms with Crippen molar-refractivity contribution in [3.63, 3.8) is 0 Å². The Labute approximate surface area is 311 Å². The lowest BCUT2D eigenvalue weighted by Gasteiger charge is -2.47. The fraction of sp³-hybridized carbons (Fsp3) is 0.455. The highest BCUT2D eigenvalue weighted by molar-refractivity contribution is 5.50. The standard InChI is InChI=1S/C44H58N2O6/c1-45(23-19-33-27-41(49-5)43(51-7)29-37(33)39(45)25-31-11-15-35(47-3)16-12-31)21-9-10-22-46(2)24-20-34-28-42(50-6)44(52-8)30-38(34)40(46)26-32-13-17-36(48-4)18-14-32/h11-18,27-30,39-40H,9-10,19-26H2,1-8H3/q+2/t39-,40-,45-,46+/m1/s1. The first kappa shape index (κ1) is 37.4. The molecule has 0 saturated carbocycles. The maximum Gasteiger partial charge on any atom is 0.161 e. The topological polar surface area (TPSA) is 55.4 Å². The summed E-state index contributed by atoms with van der Waals surface area (Å²) >= 11 is 0. The van der Waals surface area contributed by atoms with Gasteiger partial charge >= 0.3 is 0 Å². The van der Waals surface area contributed by atoms with Gasteiger partial charge < -0.3 is 37.4 Å². The Bertz CT molecular complexity index is 1680. The summed E-state index contributed by atoms with van der Waals surface area (Å²) in [6.45, 7) is 4.40. The highest BCUT2D eigenvalue weighted by Gasteiger charge is 2.42. The normalized spacial score (nSPS) is 22.2. The molecule has 0 N–H and O–H groups in total. The zero-order chi connectivity index (χ0) is 36.9. The molecule has 0 radical (unpaired) electrons. The van der Waals surface area contributed by atoms with E-state index < -0.39 is 0 Å². The zero-order valence-electron chi connectivity index (χ0n) is 32.5. The Morgan fingerprint density at radius 3 is 1.15 bits per heavy atom. The molecule has 0 unspecified atom stereocenters. The maximum absolute atomic E-state index is 5.82. The van der Waals surface area contributed by atoms with E-state index >= 15 is 0 Å². The highest BCUT2D eigenvalue weighted by atomic mass is 16.5. The van der Waals surface area contributed by atoms with Crippen molar-refractivity contribution in [2.75, 3.05) is 82.9 Å². The van der Waals surface area contributed by atoms with Gasteiger partial charge in [-0.3, -0.25) is 0 Å². The van der Waals surface area contributed by atoms with Gasteiger partial charge in [-0.05, 0) is 70.8 Å². The largest absolute Gasteiger partial charge is 0.497 e. The number of unbranched alkanes of at least 4 members (excludes halogenated alkanes) is 1. The predicted molar refractivity (Wildman–Crippen MR) is 206 cm³/mol. The molecule has 2 heterocycles. The maximum atomic E-state index is 5.82. The Morgan fingerprint density at radius 2 is 0.827 bits per heavy atom. The van der Waals surface area contributed by atoms with Crippen LogP contribution < -0.4 is 28.4 Å². The summed E-state index contributed by atoms with van der Waals surface area (Å²) in [6, 6.07) is 26.6. The van der Waals surface area contributed by atoms with E-state index in [2.05, 4.69) is 86.9 Å². The number of rotatable bonds is 15. The molecule has 278 valence electrons. The van der Waals surface area contributed by atoms with Crippen LogP contribution in [0, 0.1) is 0 Å². The first-order valence-electron chi connectivity index (χ1n) is 18.6. The van der Waals surface area contributed by atoms with Gasteiger partial charge in [-0.15, -0.1) is 0 Å². The molecule has 0 aromatic heterocycles. The number of hydrogen-bond acceptors (Lipinski definition) is 6. The molecule has 4 aromatic carbocycles. The summed E-state index contributed by atoms with van der Waals surface area (Å²) in [5, 5.41) is 0. The van der Waals surface area contributed by atoms with Gasteiger partial charge in [-0.25, -0.2) is 0 Å². The lowest BCUT2D eigenvalue weighted by molar-refractivity contribution is -0.947. The minimum atomic E-state index is 0.300. The zero-order valence-corrected chi connectivity index (χ0v) is 32.5. The molecule has 4 aromatic rings. The van der Waals surface area contributed by atoms with E-state index in [4.69, 9.17) is 28.4 Å². The summed E-state index contributed by atoms with van der Waals surface area (Å²) in [5.74, 6) is 4.98. The van der Waals surface area contributed by atoms with Crippen LogP contribution >= 0.6 is 0 Å². The quantitative estimate of drug-likeness (QED) is 0.0928. The van der Waals surface area contributed by atoms with Crippen molar-refractivity contribution in [1.82, 2.24) is 0 Å². The van der Waals surface area contributed by atoms with E-state index in [9.17, 15) is 0 Å². The summed E-state index contributed by atoms with van der Waals surface area (Å²) in [4.78, 5) is 0. The van der Waals surface area contributed by atoms with Crippen molar-refractivity contribution in [3.8, 4) is 34.5 Å². The van der Waals surface area contributed by atoms with Crippen LogP contribution in [0.3, 0.4) is 0 Å². The smallest absolute Gasteiger partial charge is 0.161 e. The second-order valence-electron chi connectivity index (χ2n) is 15.0. The lowest BCUT2D eigenvalue weighted by atomic mass is 9.85. The lowest BCUT2D eigenvalue weighted by Crippen LogP contribution is -2.54. The molecule has 0 saturated heterocycles. The number of methoxy groups -OCH3 is 6. The number of fused-ring (bicyclic) bond motifs is 2. The van der Waals surface area contributed by atoms with Gasteiger partial charge in [0.25, 0.3) is 0 Å². The first-order chi connectivity index (χ1) is 25.2. The highest BCUT2D eigenvalue weighted by Crippen LogP contribution is 2.45. The molecule has 8 heteroatoms. The number of quaternary nitrogens is 2. The van der Waals surface area contributed by atoms with E-state index in [1.807, 2.05) is 0 Å². The molecule has 4 atom stereocenters. The van der Waals surface area contributed by atoms with E-state index in [0.29, 0.717) is 12.1 Å². The first-order valence-corrected chi connectivity index (χ1v) is 18.6. The van der Waals surface area contributed by atoms with Crippen molar-refractivity contribution in [1.29, 1.82) is 0 Å². The van der Waals surface area contributed by atoms with Gasteiger partial charge in [0.2, 0.25) is 0 Å². The molecule has 8 nitrogen and oxygen atoms in total. The number of hydrogen-bond donors (Lipinski definition) is 0. The number of ether oxygens (including phenoxy) is 6. The van der Waals surface area contributed by atoms with Crippen LogP contribution in [0.4, 0.5) is 0 Å². The Balaban J connectivity index is 1.24. The molecular weight excluding hydrogens is 652 g/mol. The van der Waals surface area contributed by atoms with E-state index in [1.165, 1.54) is 33.4 Å². The average Bonchev–Trinajstić information content (AvgIpc) is 3.18. The third-order valence-electron chi connectivity index (χ3n) is 12.1. The molecule has 0 spiro atoms. The van der Waals surface area contributed by atoms with Gasteiger partial charge in [0.05, 0.1) is 82.9 Å². The van der Waals surface area contributed by atoms with E-state index in [-0.39, 0.29) is 0 Å². The third kappa shape index (κ3) is 7.69. The number of likely N-dealkylation sites (N-methyl/N-ethyl adjacent to an activating group) is 2. The molecule has 52 heavy (non-hydrogen) atoms. The third-order valence-corrected chi connectivity index (χ3v) is 12.1. The molecule has 2 aliphatic rings. The second-order valence-corrected chi connectivity index (χ2v) is 15.0. The summed E-state index contributed by atoms with van der Waals surface area (Å²) < 4.78 is 36.0. The van der Waals surface area contributed by atoms with Crippen LogP contribution in [0.1, 0.15) is 58.3 Å².